The number of ether oxygens (including phenoxy) is 1. The average Bonchev–Trinajstić information content (AvgIpc) is 2.42. The van der Waals surface area contributed by atoms with E-state index in [0.717, 1.165) is 5.69 Å². The van der Waals surface area contributed by atoms with Crippen LogP contribution in [0.25, 0.3) is 0 Å². The van der Waals surface area contributed by atoms with Crippen molar-refractivity contribution in [3.05, 3.63) is 58.9 Å². The van der Waals surface area contributed by atoms with E-state index in [1.54, 1.807) is 19.2 Å². The van der Waals surface area contributed by atoms with E-state index < -0.39 is 0 Å². The molecular formula is C17H20FNO. The molecule has 1 N–H and O–H groups in total. The maximum absolute atomic E-state index is 14.0. The summed E-state index contributed by atoms with van der Waals surface area (Å²) < 4.78 is 19.3. The van der Waals surface area contributed by atoms with Crippen molar-refractivity contribution >= 4 is 5.69 Å². The molecule has 0 aliphatic heterocycles. The number of aryl methyl sites for hydroxylation is 2. The first-order chi connectivity index (χ1) is 9.52. The third-order valence-electron chi connectivity index (χ3n) is 3.56. The minimum atomic E-state index is -0.256. The van der Waals surface area contributed by atoms with Crippen molar-refractivity contribution in [2.24, 2.45) is 0 Å². The van der Waals surface area contributed by atoms with Gasteiger partial charge in [-0.15, -0.1) is 0 Å². The van der Waals surface area contributed by atoms with Crippen molar-refractivity contribution in [3.63, 3.8) is 0 Å². The maximum atomic E-state index is 14.0. The lowest BCUT2D eigenvalue weighted by atomic mass is 10.0. The van der Waals surface area contributed by atoms with Crippen molar-refractivity contribution in [2.75, 3.05) is 12.4 Å². The summed E-state index contributed by atoms with van der Waals surface area (Å²) in [5.74, 6) is 0.307. The summed E-state index contributed by atoms with van der Waals surface area (Å²) in [6.45, 7) is 6.06. The van der Waals surface area contributed by atoms with E-state index in [4.69, 9.17) is 4.74 Å². The Morgan fingerprint density at radius 2 is 1.85 bits per heavy atom. The second-order valence-electron chi connectivity index (χ2n) is 5.02. The lowest BCUT2D eigenvalue weighted by molar-refractivity contribution is 0.402. The Kier molecular flexibility index (Phi) is 4.28. The Balaban J connectivity index is 2.28. The summed E-state index contributed by atoms with van der Waals surface area (Å²) in [5, 5.41) is 3.32. The molecule has 3 heteroatoms. The lowest BCUT2D eigenvalue weighted by Gasteiger charge is -2.19. The van der Waals surface area contributed by atoms with Gasteiger partial charge < -0.3 is 10.1 Å². The molecule has 2 nitrogen and oxygen atoms in total. The number of anilines is 1. The van der Waals surface area contributed by atoms with Crippen molar-refractivity contribution in [2.45, 2.75) is 26.8 Å². The first kappa shape index (κ1) is 14.4. The van der Waals surface area contributed by atoms with Gasteiger partial charge in [0.2, 0.25) is 0 Å². The predicted molar refractivity (Wildman–Crippen MR) is 80.9 cm³/mol. The van der Waals surface area contributed by atoms with E-state index in [1.807, 2.05) is 13.0 Å². The Labute approximate surface area is 119 Å². The highest BCUT2D eigenvalue weighted by Gasteiger charge is 2.16. The van der Waals surface area contributed by atoms with Crippen molar-refractivity contribution in [3.8, 4) is 5.75 Å². The minimum absolute atomic E-state index is 0.173. The van der Waals surface area contributed by atoms with Gasteiger partial charge in [-0.2, -0.15) is 0 Å². The molecule has 0 spiro atoms. The van der Waals surface area contributed by atoms with E-state index in [1.165, 1.54) is 17.2 Å². The number of methoxy groups -OCH3 is 1. The Bertz CT molecular complexity index is 610. The number of benzene rings is 2. The fourth-order valence-electron chi connectivity index (χ4n) is 2.27. The second-order valence-corrected chi connectivity index (χ2v) is 5.02. The van der Waals surface area contributed by atoms with Gasteiger partial charge in [-0.25, -0.2) is 4.39 Å². The molecule has 1 unspecified atom stereocenters. The standard InChI is InChI=1S/C17H20FNO/c1-11-8-9-14(10-12(11)2)19-13(3)17-15(18)6-5-7-16(17)20-4/h5-10,13,19H,1-4H3. The minimum Gasteiger partial charge on any atom is -0.496 e. The average molecular weight is 273 g/mol. The first-order valence-electron chi connectivity index (χ1n) is 6.69. The largest absolute Gasteiger partial charge is 0.496 e. The molecular weight excluding hydrogens is 253 g/mol. The van der Waals surface area contributed by atoms with E-state index in [9.17, 15) is 4.39 Å². The zero-order valence-electron chi connectivity index (χ0n) is 12.3. The molecule has 2 aromatic rings. The van der Waals surface area contributed by atoms with Crippen LogP contribution in [0.2, 0.25) is 0 Å². The van der Waals surface area contributed by atoms with Gasteiger partial charge in [0.05, 0.1) is 18.7 Å². The van der Waals surface area contributed by atoms with Crippen LogP contribution in [0, 0.1) is 19.7 Å². The molecule has 1 atom stereocenters. The van der Waals surface area contributed by atoms with Crippen LogP contribution in [0.3, 0.4) is 0 Å². The fraction of sp³-hybridized carbons (Fsp3) is 0.294. The van der Waals surface area contributed by atoms with Crippen LogP contribution in [0.5, 0.6) is 5.75 Å². The third-order valence-corrected chi connectivity index (χ3v) is 3.56. The molecule has 0 heterocycles. The highest BCUT2D eigenvalue weighted by molar-refractivity contribution is 5.51. The molecule has 0 saturated carbocycles. The topological polar surface area (TPSA) is 21.3 Å². The molecule has 106 valence electrons. The molecule has 0 aliphatic carbocycles. The van der Waals surface area contributed by atoms with Gasteiger partial charge in [-0.3, -0.25) is 0 Å². The third kappa shape index (κ3) is 2.93. The van der Waals surface area contributed by atoms with Crippen molar-refractivity contribution < 1.29 is 9.13 Å². The smallest absolute Gasteiger partial charge is 0.132 e. The van der Waals surface area contributed by atoms with Crippen LogP contribution in [0.1, 0.15) is 29.7 Å². The van der Waals surface area contributed by atoms with E-state index in [2.05, 4.69) is 31.3 Å². The van der Waals surface area contributed by atoms with E-state index >= 15 is 0 Å². The van der Waals surface area contributed by atoms with Gasteiger partial charge in [0.25, 0.3) is 0 Å². The van der Waals surface area contributed by atoms with Crippen molar-refractivity contribution in [1.29, 1.82) is 0 Å². The molecule has 0 aliphatic rings. The molecule has 2 aromatic carbocycles. The van der Waals surface area contributed by atoms with Gasteiger partial charge in [-0.1, -0.05) is 12.1 Å². The maximum Gasteiger partial charge on any atom is 0.132 e. The number of hydrogen-bond acceptors (Lipinski definition) is 2. The van der Waals surface area contributed by atoms with Crippen LogP contribution in [0.15, 0.2) is 36.4 Å². The monoisotopic (exact) mass is 273 g/mol. The molecule has 0 amide bonds. The quantitative estimate of drug-likeness (QED) is 0.877. The Hall–Kier alpha value is -2.03. The van der Waals surface area contributed by atoms with Crippen LogP contribution in [0.4, 0.5) is 10.1 Å². The second kappa shape index (κ2) is 5.95. The van der Waals surface area contributed by atoms with E-state index in [-0.39, 0.29) is 11.9 Å². The summed E-state index contributed by atoms with van der Waals surface area (Å²) in [5.41, 5.74) is 3.98. The summed E-state index contributed by atoms with van der Waals surface area (Å²) in [6.07, 6.45) is 0. The van der Waals surface area contributed by atoms with Crippen LogP contribution >= 0.6 is 0 Å². The highest BCUT2D eigenvalue weighted by atomic mass is 19.1. The van der Waals surface area contributed by atoms with Crippen LogP contribution < -0.4 is 10.1 Å². The normalized spacial score (nSPS) is 12.1. The summed E-state index contributed by atoms with van der Waals surface area (Å²) >= 11 is 0. The number of rotatable bonds is 4. The Morgan fingerprint density at radius 1 is 1.10 bits per heavy atom. The summed E-state index contributed by atoms with van der Waals surface area (Å²) in [6, 6.07) is 10.8. The zero-order chi connectivity index (χ0) is 14.7. The zero-order valence-corrected chi connectivity index (χ0v) is 12.3. The molecule has 2 rings (SSSR count). The fourth-order valence-corrected chi connectivity index (χ4v) is 2.27. The lowest BCUT2D eigenvalue weighted by Crippen LogP contribution is -2.10. The molecule has 0 bridgehead atoms. The van der Waals surface area contributed by atoms with Gasteiger partial charge in [0.15, 0.2) is 0 Å². The van der Waals surface area contributed by atoms with Crippen LogP contribution in [-0.4, -0.2) is 7.11 Å². The Morgan fingerprint density at radius 3 is 2.50 bits per heavy atom. The highest BCUT2D eigenvalue weighted by Crippen LogP contribution is 2.30. The summed E-state index contributed by atoms with van der Waals surface area (Å²) in [7, 11) is 1.56. The molecule has 0 saturated heterocycles. The number of halogens is 1. The molecule has 0 radical (unpaired) electrons. The summed E-state index contributed by atoms with van der Waals surface area (Å²) in [4.78, 5) is 0. The molecule has 20 heavy (non-hydrogen) atoms. The predicted octanol–water partition coefficient (Wildman–Crippen LogP) is 4.62. The van der Waals surface area contributed by atoms with Crippen LogP contribution in [-0.2, 0) is 0 Å². The number of nitrogens with one attached hydrogen (secondary N) is 1. The molecule has 0 aromatic heterocycles. The van der Waals surface area contributed by atoms with Crippen molar-refractivity contribution in [1.82, 2.24) is 0 Å². The van der Waals surface area contributed by atoms with Gasteiger partial charge >= 0.3 is 0 Å². The van der Waals surface area contributed by atoms with Gasteiger partial charge in [0.1, 0.15) is 11.6 Å². The first-order valence-corrected chi connectivity index (χ1v) is 6.69. The SMILES string of the molecule is COc1cccc(F)c1C(C)Nc1ccc(C)c(C)c1. The number of hydrogen-bond donors (Lipinski definition) is 1. The van der Waals surface area contributed by atoms with E-state index in [0.29, 0.717) is 11.3 Å². The van der Waals surface area contributed by atoms with Gasteiger partial charge in [0, 0.05) is 5.69 Å². The van der Waals surface area contributed by atoms with Gasteiger partial charge in [-0.05, 0) is 56.2 Å². The molecule has 0 fully saturated rings.